The lowest BCUT2D eigenvalue weighted by Gasteiger charge is -2.36. The number of nitrogens with one attached hydrogen (secondary N) is 1. The molecule has 0 unspecified atom stereocenters. The first kappa shape index (κ1) is 25.2. The fraction of sp³-hybridized carbons (Fsp3) is 0.455. The average Bonchev–Trinajstić information content (AvgIpc) is 3.37. The summed E-state index contributed by atoms with van der Waals surface area (Å²) < 4.78 is 66.7. The van der Waals surface area contributed by atoms with Crippen molar-refractivity contribution in [3.05, 3.63) is 47.5 Å². The first-order chi connectivity index (χ1) is 16.2. The van der Waals surface area contributed by atoms with Gasteiger partial charge in [-0.3, -0.25) is 0 Å². The van der Waals surface area contributed by atoms with E-state index in [1.54, 1.807) is 24.3 Å². The van der Waals surface area contributed by atoms with Gasteiger partial charge < -0.3 is 14.4 Å². The maximum atomic E-state index is 13.0. The van der Waals surface area contributed by atoms with E-state index in [2.05, 4.69) is 4.72 Å². The van der Waals surface area contributed by atoms with E-state index in [1.807, 2.05) is 4.90 Å². The molecule has 0 spiro atoms. The van der Waals surface area contributed by atoms with Gasteiger partial charge >= 0.3 is 0 Å². The van der Waals surface area contributed by atoms with Gasteiger partial charge in [0.05, 0.1) is 28.7 Å². The second-order valence-corrected chi connectivity index (χ2v) is 12.3. The van der Waals surface area contributed by atoms with Gasteiger partial charge in [-0.25, -0.2) is 21.6 Å². The van der Waals surface area contributed by atoms with E-state index in [1.165, 1.54) is 29.6 Å². The number of anilines is 1. The second kappa shape index (κ2) is 10.4. The molecule has 0 aliphatic carbocycles. The van der Waals surface area contributed by atoms with Crippen molar-refractivity contribution in [2.24, 2.45) is 0 Å². The molecule has 1 atom stereocenters. The number of ether oxygens (including phenoxy) is 2. The molecule has 1 N–H and O–H groups in total. The van der Waals surface area contributed by atoms with E-state index >= 15 is 0 Å². The van der Waals surface area contributed by atoms with Crippen molar-refractivity contribution in [1.82, 2.24) is 9.03 Å². The van der Waals surface area contributed by atoms with Gasteiger partial charge in [-0.1, -0.05) is 11.6 Å². The Morgan fingerprint density at radius 1 is 1.03 bits per heavy atom. The number of hydrogen-bond donors (Lipinski definition) is 1. The van der Waals surface area contributed by atoms with Crippen molar-refractivity contribution in [3.63, 3.8) is 0 Å². The maximum Gasteiger partial charge on any atom is 0.243 e. The number of halogens is 1. The van der Waals surface area contributed by atoms with Crippen LogP contribution in [0.5, 0.6) is 5.75 Å². The lowest BCUT2D eigenvalue weighted by molar-refractivity contribution is 0.114. The first-order valence-electron chi connectivity index (χ1n) is 11.0. The van der Waals surface area contributed by atoms with E-state index in [0.717, 1.165) is 12.8 Å². The summed E-state index contributed by atoms with van der Waals surface area (Å²) in [4.78, 5) is 2.25. The summed E-state index contributed by atoms with van der Waals surface area (Å²) in [5, 5.41) is 0.468. The molecule has 2 aromatic rings. The Labute approximate surface area is 205 Å². The number of nitrogens with zero attached hydrogens (tertiary/aromatic N) is 2. The third kappa shape index (κ3) is 5.50. The number of hydrogen-bond acceptors (Lipinski definition) is 7. The Bertz CT molecular complexity index is 1210. The quantitative estimate of drug-likeness (QED) is 0.559. The summed E-state index contributed by atoms with van der Waals surface area (Å²) in [6.45, 7) is 2.15. The van der Waals surface area contributed by atoms with Crippen LogP contribution < -0.4 is 14.4 Å². The molecule has 9 nitrogen and oxygen atoms in total. The molecule has 2 fully saturated rings. The van der Waals surface area contributed by atoms with Gasteiger partial charge in [0.2, 0.25) is 20.0 Å². The largest absolute Gasteiger partial charge is 0.495 e. The minimum Gasteiger partial charge on any atom is -0.495 e. The van der Waals surface area contributed by atoms with Gasteiger partial charge in [0.1, 0.15) is 5.75 Å². The minimum atomic E-state index is -3.74. The van der Waals surface area contributed by atoms with Gasteiger partial charge in [0, 0.05) is 44.4 Å². The first-order valence-corrected chi connectivity index (χ1v) is 14.3. The molecule has 2 aromatic carbocycles. The van der Waals surface area contributed by atoms with Crippen molar-refractivity contribution < 1.29 is 26.3 Å². The Morgan fingerprint density at radius 3 is 2.32 bits per heavy atom. The molecule has 0 saturated carbocycles. The van der Waals surface area contributed by atoms with Crippen LogP contribution in [-0.4, -0.2) is 73.7 Å². The van der Waals surface area contributed by atoms with Crippen molar-refractivity contribution in [3.8, 4) is 5.75 Å². The number of rotatable bonds is 8. The number of sulfonamides is 2. The average molecular weight is 530 g/mol. The minimum absolute atomic E-state index is 0.108. The van der Waals surface area contributed by atoms with Gasteiger partial charge in [0.15, 0.2) is 0 Å². The predicted octanol–water partition coefficient (Wildman–Crippen LogP) is 2.32. The molecule has 2 aliphatic rings. The summed E-state index contributed by atoms with van der Waals surface area (Å²) in [6, 6.07) is 10.8. The summed E-state index contributed by atoms with van der Waals surface area (Å²) >= 11 is 5.88. The number of benzene rings is 2. The van der Waals surface area contributed by atoms with E-state index < -0.39 is 20.0 Å². The Kier molecular flexibility index (Phi) is 7.70. The van der Waals surface area contributed by atoms with E-state index in [-0.39, 0.29) is 35.5 Å². The summed E-state index contributed by atoms with van der Waals surface area (Å²) in [5.74, 6) is 0.520. The van der Waals surface area contributed by atoms with Crippen molar-refractivity contribution >= 4 is 37.3 Å². The standard InChI is InChI=1S/C22H28ClN3O6S2/c1-31-22-9-8-20(33(27,28)24-16-18-3-2-14-32-18)15-21(22)25-10-12-26(13-11-25)34(29,30)19-6-4-17(23)5-7-19/h4-9,15,18,24H,2-3,10-14,16H2,1H3/t18-/m0/s1. The molecular weight excluding hydrogens is 502 g/mol. The lowest BCUT2D eigenvalue weighted by atomic mass is 10.2. The molecule has 0 radical (unpaired) electrons. The zero-order valence-electron chi connectivity index (χ0n) is 18.8. The third-order valence-electron chi connectivity index (χ3n) is 6.02. The molecule has 34 heavy (non-hydrogen) atoms. The Balaban J connectivity index is 1.48. The van der Waals surface area contributed by atoms with Crippen LogP contribution in [0.3, 0.4) is 0 Å². The molecule has 2 aliphatic heterocycles. The zero-order chi connectivity index (χ0) is 24.3. The molecule has 4 rings (SSSR count). The second-order valence-electron chi connectivity index (χ2n) is 8.17. The molecule has 0 aromatic heterocycles. The van der Waals surface area contributed by atoms with E-state index in [9.17, 15) is 16.8 Å². The molecule has 0 amide bonds. The topological polar surface area (TPSA) is 105 Å². The predicted molar refractivity (Wildman–Crippen MR) is 130 cm³/mol. The van der Waals surface area contributed by atoms with Crippen LogP contribution >= 0.6 is 11.6 Å². The molecule has 186 valence electrons. The molecule has 2 saturated heterocycles. The van der Waals surface area contributed by atoms with E-state index in [0.29, 0.717) is 36.2 Å². The smallest absolute Gasteiger partial charge is 0.243 e. The van der Waals surface area contributed by atoms with Gasteiger partial charge in [0.25, 0.3) is 0 Å². The van der Waals surface area contributed by atoms with Gasteiger partial charge in [-0.2, -0.15) is 4.31 Å². The number of methoxy groups -OCH3 is 1. The fourth-order valence-corrected chi connectivity index (χ4v) is 6.73. The van der Waals surface area contributed by atoms with Crippen molar-refractivity contribution in [1.29, 1.82) is 0 Å². The van der Waals surface area contributed by atoms with E-state index in [4.69, 9.17) is 21.1 Å². The van der Waals surface area contributed by atoms with Crippen LogP contribution in [0.1, 0.15) is 12.8 Å². The SMILES string of the molecule is COc1ccc(S(=O)(=O)NC[C@@H]2CCCO2)cc1N1CCN(S(=O)(=O)c2ccc(Cl)cc2)CC1. The van der Waals surface area contributed by atoms with Crippen LogP contribution in [0.2, 0.25) is 5.02 Å². The van der Waals surface area contributed by atoms with Crippen LogP contribution in [0.15, 0.2) is 52.3 Å². The molecule has 12 heteroatoms. The maximum absolute atomic E-state index is 13.0. The van der Waals surface area contributed by atoms with Crippen molar-refractivity contribution in [2.45, 2.75) is 28.7 Å². The molecular formula is C22H28ClN3O6S2. The van der Waals surface area contributed by atoms with Gasteiger partial charge in [-0.05, 0) is 55.3 Å². The highest BCUT2D eigenvalue weighted by Crippen LogP contribution is 2.32. The van der Waals surface area contributed by atoms with Crippen LogP contribution in [0.25, 0.3) is 0 Å². The number of piperazine rings is 1. The zero-order valence-corrected chi connectivity index (χ0v) is 21.2. The lowest BCUT2D eigenvalue weighted by Crippen LogP contribution is -2.48. The highest BCUT2D eigenvalue weighted by Gasteiger charge is 2.30. The highest BCUT2D eigenvalue weighted by molar-refractivity contribution is 7.89. The Hall–Kier alpha value is -1.89. The highest BCUT2D eigenvalue weighted by atomic mass is 35.5. The summed E-state index contributed by atoms with van der Waals surface area (Å²) in [6.07, 6.45) is 1.65. The van der Waals surface area contributed by atoms with Crippen LogP contribution in [-0.2, 0) is 24.8 Å². The summed E-state index contributed by atoms with van der Waals surface area (Å²) in [7, 11) is -5.87. The fourth-order valence-electron chi connectivity index (χ4n) is 4.10. The van der Waals surface area contributed by atoms with Crippen LogP contribution in [0, 0.1) is 0 Å². The Morgan fingerprint density at radius 2 is 1.71 bits per heavy atom. The molecule has 0 bridgehead atoms. The monoisotopic (exact) mass is 529 g/mol. The molecule has 2 heterocycles. The normalized spacial score (nSPS) is 19.9. The van der Waals surface area contributed by atoms with Gasteiger partial charge in [-0.15, -0.1) is 0 Å². The third-order valence-corrected chi connectivity index (χ3v) is 9.60. The van der Waals surface area contributed by atoms with Crippen molar-refractivity contribution in [2.75, 3.05) is 51.3 Å². The summed E-state index contributed by atoms with van der Waals surface area (Å²) in [5.41, 5.74) is 0.603. The van der Waals surface area contributed by atoms with Crippen LogP contribution in [0.4, 0.5) is 5.69 Å².